The third kappa shape index (κ3) is 2.82. The lowest BCUT2D eigenvalue weighted by Gasteiger charge is -2.34. The molecule has 0 bridgehead atoms. The first-order valence-electron chi connectivity index (χ1n) is 7.98. The van der Waals surface area contributed by atoms with Gasteiger partial charge in [-0.15, -0.1) is 0 Å². The van der Waals surface area contributed by atoms with Crippen LogP contribution in [-0.2, 0) is 19.1 Å². The zero-order valence-electron chi connectivity index (χ0n) is 12.6. The smallest absolute Gasteiger partial charge is 0.328 e. The second-order valence-electron chi connectivity index (χ2n) is 6.35. The molecular weight excluding hydrogens is 288 g/mol. The first kappa shape index (κ1) is 15.3. The second-order valence-corrected chi connectivity index (χ2v) is 6.35. The minimum Gasteiger partial charge on any atom is -0.480 e. The van der Waals surface area contributed by atoms with E-state index in [-0.39, 0.29) is 37.4 Å². The van der Waals surface area contributed by atoms with Crippen molar-refractivity contribution in [2.45, 2.75) is 44.2 Å². The molecule has 0 radical (unpaired) electrons. The van der Waals surface area contributed by atoms with E-state index in [2.05, 4.69) is 0 Å². The molecule has 0 aromatic carbocycles. The highest BCUT2D eigenvalue weighted by atomic mass is 16.5. The zero-order valence-corrected chi connectivity index (χ0v) is 12.6. The number of ether oxygens (including phenoxy) is 1. The fraction of sp³-hybridized carbons (Fsp3) is 0.800. The molecule has 2 amide bonds. The van der Waals surface area contributed by atoms with E-state index in [1.54, 1.807) is 0 Å². The van der Waals surface area contributed by atoms with Crippen molar-refractivity contribution >= 4 is 17.8 Å². The van der Waals surface area contributed by atoms with Gasteiger partial charge in [-0.1, -0.05) is 12.8 Å². The summed E-state index contributed by atoms with van der Waals surface area (Å²) in [6, 6.07) is -0.665. The van der Waals surface area contributed by atoms with Crippen molar-refractivity contribution in [1.82, 2.24) is 9.80 Å². The van der Waals surface area contributed by atoms with Gasteiger partial charge in [0.25, 0.3) is 0 Å². The number of morpholine rings is 1. The normalized spacial score (nSPS) is 30.1. The molecule has 0 aromatic rings. The van der Waals surface area contributed by atoms with Gasteiger partial charge in [-0.25, -0.2) is 4.79 Å². The Hall–Kier alpha value is -1.63. The molecule has 2 heterocycles. The van der Waals surface area contributed by atoms with Crippen LogP contribution in [0.1, 0.15) is 32.1 Å². The van der Waals surface area contributed by atoms with Gasteiger partial charge >= 0.3 is 5.97 Å². The standard InChI is InChI=1S/C15H22N2O5/c18-13-7-10(8-17(13)11-3-1-2-4-11)14(19)16-5-6-22-9-12(16)15(20)21/h10-12H,1-9H2,(H,20,21)/t10-,12-/m0/s1. The monoisotopic (exact) mass is 310 g/mol. The number of likely N-dealkylation sites (tertiary alicyclic amines) is 1. The van der Waals surface area contributed by atoms with Crippen molar-refractivity contribution in [3.8, 4) is 0 Å². The van der Waals surface area contributed by atoms with E-state index in [1.165, 1.54) is 4.90 Å². The van der Waals surface area contributed by atoms with Crippen molar-refractivity contribution in [2.75, 3.05) is 26.3 Å². The lowest BCUT2D eigenvalue weighted by atomic mass is 10.1. The van der Waals surface area contributed by atoms with Crippen LogP contribution in [0.5, 0.6) is 0 Å². The van der Waals surface area contributed by atoms with E-state index in [0.29, 0.717) is 13.2 Å². The zero-order chi connectivity index (χ0) is 15.7. The van der Waals surface area contributed by atoms with Crippen LogP contribution in [0.4, 0.5) is 0 Å². The van der Waals surface area contributed by atoms with Crippen LogP contribution in [-0.4, -0.2) is 71.1 Å². The summed E-state index contributed by atoms with van der Waals surface area (Å²) < 4.78 is 5.16. The van der Waals surface area contributed by atoms with Crippen LogP contribution in [0.15, 0.2) is 0 Å². The van der Waals surface area contributed by atoms with Gasteiger partial charge < -0.3 is 19.6 Å². The number of carboxylic acid groups (broad SMARTS) is 1. The molecule has 1 aliphatic carbocycles. The molecule has 3 fully saturated rings. The molecule has 0 aromatic heterocycles. The number of carboxylic acids is 1. The molecule has 2 saturated heterocycles. The lowest BCUT2D eigenvalue weighted by molar-refractivity contribution is -0.160. The van der Waals surface area contributed by atoms with Gasteiger partial charge in [0.15, 0.2) is 6.04 Å². The second kappa shape index (κ2) is 6.24. The lowest BCUT2D eigenvalue weighted by Crippen LogP contribution is -2.54. The van der Waals surface area contributed by atoms with Gasteiger partial charge in [-0.05, 0) is 12.8 Å². The molecule has 2 atom stereocenters. The van der Waals surface area contributed by atoms with Gasteiger partial charge in [0.2, 0.25) is 11.8 Å². The molecule has 7 nitrogen and oxygen atoms in total. The largest absolute Gasteiger partial charge is 0.480 e. The minimum absolute atomic E-state index is 0.0219. The molecule has 122 valence electrons. The fourth-order valence-corrected chi connectivity index (χ4v) is 3.77. The summed E-state index contributed by atoms with van der Waals surface area (Å²) in [7, 11) is 0. The van der Waals surface area contributed by atoms with Crippen molar-refractivity contribution in [3.05, 3.63) is 0 Å². The Kier molecular flexibility index (Phi) is 4.33. The SMILES string of the molecule is O=C(O)[C@@H]1COCCN1C(=O)[C@H]1CC(=O)N(C2CCCC2)C1. The number of hydrogen-bond acceptors (Lipinski definition) is 4. The first-order chi connectivity index (χ1) is 10.6. The number of rotatable bonds is 3. The van der Waals surface area contributed by atoms with Crippen LogP contribution in [0.25, 0.3) is 0 Å². The fourth-order valence-electron chi connectivity index (χ4n) is 3.77. The summed E-state index contributed by atoms with van der Waals surface area (Å²) >= 11 is 0. The number of amides is 2. The topological polar surface area (TPSA) is 87.1 Å². The van der Waals surface area contributed by atoms with Crippen LogP contribution >= 0.6 is 0 Å². The maximum absolute atomic E-state index is 12.6. The third-order valence-corrected chi connectivity index (χ3v) is 4.97. The van der Waals surface area contributed by atoms with Gasteiger partial charge in [0, 0.05) is 25.6 Å². The average molecular weight is 310 g/mol. The molecule has 7 heteroatoms. The van der Waals surface area contributed by atoms with E-state index in [4.69, 9.17) is 4.74 Å². The van der Waals surface area contributed by atoms with Crippen molar-refractivity contribution < 1.29 is 24.2 Å². The van der Waals surface area contributed by atoms with E-state index in [1.807, 2.05) is 4.90 Å². The Morgan fingerprint density at radius 3 is 2.64 bits per heavy atom. The third-order valence-electron chi connectivity index (χ3n) is 4.97. The van der Waals surface area contributed by atoms with Crippen molar-refractivity contribution in [2.24, 2.45) is 5.92 Å². The summed E-state index contributed by atoms with van der Waals surface area (Å²) in [5, 5.41) is 9.23. The van der Waals surface area contributed by atoms with Crippen LogP contribution in [0.3, 0.4) is 0 Å². The molecule has 1 N–H and O–H groups in total. The number of carbonyl (C=O) groups excluding carboxylic acids is 2. The summed E-state index contributed by atoms with van der Waals surface area (Å²) in [5.41, 5.74) is 0. The predicted octanol–water partition coefficient (Wildman–Crippen LogP) is 0.0895. The van der Waals surface area contributed by atoms with E-state index >= 15 is 0 Å². The molecule has 22 heavy (non-hydrogen) atoms. The molecule has 0 unspecified atom stereocenters. The minimum atomic E-state index is -1.05. The van der Waals surface area contributed by atoms with Gasteiger partial charge in [-0.3, -0.25) is 9.59 Å². The number of nitrogens with zero attached hydrogens (tertiary/aromatic N) is 2. The van der Waals surface area contributed by atoms with Crippen molar-refractivity contribution in [1.29, 1.82) is 0 Å². The quantitative estimate of drug-likeness (QED) is 0.798. The van der Waals surface area contributed by atoms with E-state index in [0.717, 1.165) is 25.7 Å². The summed E-state index contributed by atoms with van der Waals surface area (Å²) in [6.07, 6.45) is 4.51. The molecule has 2 aliphatic heterocycles. The van der Waals surface area contributed by atoms with Gasteiger partial charge in [0.05, 0.1) is 19.1 Å². The van der Waals surface area contributed by atoms with Gasteiger partial charge in [-0.2, -0.15) is 0 Å². The van der Waals surface area contributed by atoms with Crippen LogP contribution in [0.2, 0.25) is 0 Å². The highest BCUT2D eigenvalue weighted by molar-refractivity contribution is 5.91. The number of hydrogen-bond donors (Lipinski definition) is 1. The molecule has 0 spiro atoms. The van der Waals surface area contributed by atoms with Gasteiger partial charge in [0.1, 0.15) is 0 Å². The average Bonchev–Trinajstić information content (AvgIpc) is 3.15. The van der Waals surface area contributed by atoms with Crippen LogP contribution < -0.4 is 0 Å². The maximum atomic E-state index is 12.6. The first-order valence-corrected chi connectivity index (χ1v) is 7.98. The highest BCUT2D eigenvalue weighted by Gasteiger charge is 2.43. The predicted molar refractivity (Wildman–Crippen MR) is 76.0 cm³/mol. The Morgan fingerprint density at radius 2 is 1.95 bits per heavy atom. The highest BCUT2D eigenvalue weighted by Crippen LogP contribution is 2.30. The summed E-state index contributed by atoms with van der Waals surface area (Å²) in [4.78, 5) is 39.3. The van der Waals surface area contributed by atoms with E-state index < -0.39 is 17.9 Å². The molecular formula is C15H22N2O5. The Bertz CT molecular complexity index is 475. The Morgan fingerprint density at radius 1 is 1.23 bits per heavy atom. The Labute approximate surface area is 129 Å². The number of carbonyl (C=O) groups is 3. The maximum Gasteiger partial charge on any atom is 0.328 e. The van der Waals surface area contributed by atoms with E-state index in [9.17, 15) is 19.5 Å². The summed E-state index contributed by atoms with van der Waals surface area (Å²) in [5.74, 6) is -1.65. The molecule has 1 saturated carbocycles. The Balaban J connectivity index is 1.67. The summed E-state index contributed by atoms with van der Waals surface area (Å²) in [6.45, 7) is 1.09. The number of aliphatic carboxylic acids is 1. The molecule has 3 aliphatic rings. The molecule has 3 rings (SSSR count). The van der Waals surface area contributed by atoms with Crippen molar-refractivity contribution in [3.63, 3.8) is 0 Å². The van der Waals surface area contributed by atoms with Crippen LogP contribution in [0, 0.1) is 5.92 Å².